The molecule has 43 heavy (non-hydrogen) atoms. The molecule has 0 saturated carbocycles. The van der Waals surface area contributed by atoms with Crippen LogP contribution in [0.15, 0.2) is 40.8 Å². The van der Waals surface area contributed by atoms with Crippen molar-refractivity contribution in [3.63, 3.8) is 0 Å². The van der Waals surface area contributed by atoms with Crippen molar-refractivity contribution in [2.45, 2.75) is 46.5 Å². The summed E-state index contributed by atoms with van der Waals surface area (Å²) in [5.41, 5.74) is 7.39. The number of aryl methyl sites for hydroxylation is 1. The van der Waals surface area contributed by atoms with Crippen molar-refractivity contribution < 1.29 is 28.3 Å². The molecule has 5 N–H and O–H groups in total. The minimum absolute atomic E-state index is 0.0153. The Kier molecular flexibility index (Phi) is 18.3. The number of carbonyl (C=O) groups is 1. The highest BCUT2D eigenvalue weighted by Crippen LogP contribution is 2.49. The predicted octanol–water partition coefficient (Wildman–Crippen LogP) is 6.69. The van der Waals surface area contributed by atoms with Gasteiger partial charge < -0.3 is 34.9 Å². The maximum Gasteiger partial charge on any atom is 0.384 e. The number of hydrogen-bond donors (Lipinski definition) is 4. The molecule has 0 saturated heterocycles. The zero-order chi connectivity index (χ0) is 31.8. The molecular weight excluding hydrogens is 815 g/mol. The summed E-state index contributed by atoms with van der Waals surface area (Å²) in [5.74, 6) is 2.09. The topological polar surface area (TPSA) is 138 Å². The van der Waals surface area contributed by atoms with E-state index in [1.165, 1.54) is 0 Å². The van der Waals surface area contributed by atoms with Crippen LogP contribution in [0, 0.1) is 7.14 Å². The second-order valence-electron chi connectivity index (χ2n) is 9.69. The van der Waals surface area contributed by atoms with Crippen LogP contribution in [-0.2, 0) is 11.0 Å². The average Bonchev–Trinajstić information content (AvgIpc) is 3.34. The minimum Gasteiger partial charge on any atom is -0.490 e. The molecule has 0 spiro atoms. The van der Waals surface area contributed by atoms with Crippen molar-refractivity contribution in [1.29, 1.82) is 0 Å². The number of hydrogen-bond acceptors (Lipinski definition) is 8. The first kappa shape index (κ1) is 38.5. The molecule has 2 aromatic carbocycles. The van der Waals surface area contributed by atoms with Gasteiger partial charge in [-0.15, -0.1) is 0 Å². The Balaban J connectivity index is 0.000000455. The molecule has 0 aliphatic heterocycles. The third-order valence-electron chi connectivity index (χ3n) is 6.56. The van der Waals surface area contributed by atoms with Crippen LogP contribution in [0.4, 0.5) is 0 Å². The molecule has 13 heteroatoms. The molecule has 0 bridgehead atoms. The summed E-state index contributed by atoms with van der Waals surface area (Å²) >= 11 is 5.20. The van der Waals surface area contributed by atoms with Crippen LogP contribution in [0.2, 0.25) is 0 Å². The highest BCUT2D eigenvalue weighted by molar-refractivity contribution is 14.1. The molecule has 0 fully saturated rings. The molecule has 0 radical (unpaired) electrons. The number of fused-ring (bicyclic) bond motifs is 1. The Morgan fingerprint density at radius 3 is 2.37 bits per heavy atom. The Labute approximate surface area is 286 Å². The van der Waals surface area contributed by atoms with Gasteiger partial charge in [0.1, 0.15) is 23.7 Å². The normalized spacial score (nSPS) is 11.6. The number of halogens is 2. The number of nitrogens with zero attached hydrogens (tertiary/aromatic N) is 1. The van der Waals surface area contributed by atoms with E-state index in [1.54, 1.807) is 0 Å². The van der Waals surface area contributed by atoms with Gasteiger partial charge in [-0.2, -0.15) is 0 Å². The van der Waals surface area contributed by atoms with E-state index in [2.05, 4.69) is 76.2 Å². The molecule has 0 amide bonds. The van der Waals surface area contributed by atoms with Crippen molar-refractivity contribution in [1.82, 2.24) is 10.2 Å². The number of carbonyl (C=O) groups excluding carboxylic acids is 1. The summed E-state index contributed by atoms with van der Waals surface area (Å²) in [6, 6.07) is 11.7. The third kappa shape index (κ3) is 13.3. The van der Waals surface area contributed by atoms with Gasteiger partial charge in [0.25, 0.3) is 0 Å². The van der Waals surface area contributed by atoms with Gasteiger partial charge in [0.2, 0.25) is 0 Å². The molecule has 0 aliphatic carbocycles. The summed E-state index contributed by atoms with van der Waals surface area (Å²) in [7, 11) is 0. The lowest BCUT2D eigenvalue weighted by Crippen LogP contribution is -2.28. The number of unbranched alkanes of at least 4 members (excludes halogenated alkanes) is 1. The molecule has 3 aromatic rings. The number of para-hydroxylation sites is 1. The SMILES string of the molecule is CCCCc1oc2ccccc2c1C(=O)c1cc(I)c(OCCN(CC)CC)c(I)c1.NCCCNCCSP(=O)(O)O. The average molecular weight is 860 g/mol. The summed E-state index contributed by atoms with van der Waals surface area (Å²) in [4.78, 5) is 32.8. The lowest BCUT2D eigenvalue weighted by atomic mass is 9.98. The van der Waals surface area contributed by atoms with Crippen LogP contribution < -0.4 is 15.8 Å². The lowest BCUT2D eigenvalue weighted by molar-refractivity contribution is 0.103. The Hall–Kier alpha value is -0.710. The van der Waals surface area contributed by atoms with Crippen molar-refractivity contribution in [2.75, 3.05) is 51.6 Å². The molecular formula is C30H44I2N3O6PS. The monoisotopic (exact) mass is 859 g/mol. The first-order valence-electron chi connectivity index (χ1n) is 14.6. The van der Waals surface area contributed by atoms with E-state index in [0.717, 1.165) is 81.5 Å². The fourth-order valence-electron chi connectivity index (χ4n) is 4.24. The van der Waals surface area contributed by atoms with Crippen molar-refractivity contribution in [2.24, 2.45) is 5.73 Å². The molecule has 1 heterocycles. The third-order valence-corrected chi connectivity index (χ3v) is 10.4. The Bertz CT molecular complexity index is 1310. The van der Waals surface area contributed by atoms with Gasteiger partial charge in [-0.1, -0.05) is 45.4 Å². The first-order chi connectivity index (χ1) is 20.6. The molecule has 0 unspecified atom stereocenters. The Morgan fingerprint density at radius 1 is 1.09 bits per heavy atom. The zero-order valence-corrected chi connectivity index (χ0v) is 31.1. The van der Waals surface area contributed by atoms with Crippen LogP contribution in [0.1, 0.15) is 61.7 Å². The number of furan rings is 1. The van der Waals surface area contributed by atoms with Crippen LogP contribution in [0.25, 0.3) is 11.0 Å². The van der Waals surface area contributed by atoms with Gasteiger partial charge in [-0.05, 0) is 114 Å². The second kappa shape index (κ2) is 20.4. The van der Waals surface area contributed by atoms with E-state index in [1.807, 2.05) is 36.4 Å². The number of nitrogens with one attached hydrogen (secondary N) is 1. The standard InChI is InChI=1S/C25H29I2NO3.C5H15N2O3PS/c1-4-7-11-22-23(18-10-8-9-12-21(18)31-22)24(29)17-15-19(26)25(20(27)16-17)30-14-13-28(5-2)6-3;6-2-1-3-7-4-5-12-11(8,9)10/h8-10,12,15-16H,4-7,11,13-14H2,1-3H3;7H,1-6H2,(H2,8,9,10). The largest absolute Gasteiger partial charge is 0.490 e. The second-order valence-corrected chi connectivity index (χ2v) is 15.9. The number of nitrogens with two attached hydrogens (primary N) is 1. The van der Waals surface area contributed by atoms with Gasteiger partial charge in [0, 0.05) is 36.2 Å². The number of likely N-dealkylation sites (N-methyl/N-ethyl adjacent to an activating group) is 1. The number of ketones is 1. The Morgan fingerprint density at radius 2 is 1.77 bits per heavy atom. The summed E-state index contributed by atoms with van der Waals surface area (Å²) in [5, 5.41) is 3.91. The van der Waals surface area contributed by atoms with Gasteiger partial charge in [0.05, 0.1) is 12.7 Å². The molecule has 0 aliphatic rings. The van der Waals surface area contributed by atoms with Crippen LogP contribution in [0.3, 0.4) is 0 Å². The summed E-state index contributed by atoms with van der Waals surface area (Å²) in [6.45, 7) is 8.20. The van der Waals surface area contributed by atoms with Gasteiger partial charge >= 0.3 is 6.80 Å². The van der Waals surface area contributed by atoms with Crippen LogP contribution in [-0.4, -0.2) is 72.1 Å². The van der Waals surface area contributed by atoms with E-state index in [9.17, 15) is 9.36 Å². The number of rotatable bonds is 18. The highest BCUT2D eigenvalue weighted by Gasteiger charge is 2.23. The first-order valence-corrected chi connectivity index (χ1v) is 19.9. The van der Waals surface area contributed by atoms with Crippen molar-refractivity contribution in [3.05, 3.63) is 60.4 Å². The van der Waals surface area contributed by atoms with E-state index in [-0.39, 0.29) is 5.78 Å². The van der Waals surface area contributed by atoms with Crippen molar-refractivity contribution in [3.8, 4) is 5.75 Å². The maximum absolute atomic E-state index is 13.6. The fourth-order valence-corrected chi connectivity index (χ4v) is 7.78. The van der Waals surface area contributed by atoms with Crippen molar-refractivity contribution >= 4 is 80.1 Å². The van der Waals surface area contributed by atoms with Crippen LogP contribution >= 0.6 is 63.4 Å². The summed E-state index contributed by atoms with van der Waals surface area (Å²) < 4.78 is 24.4. The molecule has 9 nitrogen and oxygen atoms in total. The lowest BCUT2D eigenvalue weighted by Gasteiger charge is -2.19. The molecule has 240 valence electrons. The quantitative estimate of drug-likeness (QED) is 0.0474. The van der Waals surface area contributed by atoms with E-state index < -0.39 is 6.80 Å². The maximum atomic E-state index is 13.6. The smallest absolute Gasteiger partial charge is 0.384 e. The van der Waals surface area contributed by atoms with E-state index in [0.29, 0.717) is 48.0 Å². The van der Waals surface area contributed by atoms with Gasteiger partial charge in [-0.3, -0.25) is 4.79 Å². The van der Waals surface area contributed by atoms with E-state index in [4.69, 9.17) is 24.7 Å². The predicted molar refractivity (Wildman–Crippen MR) is 194 cm³/mol. The summed E-state index contributed by atoms with van der Waals surface area (Å²) in [6.07, 6.45) is 3.71. The number of benzene rings is 2. The number of ether oxygens (including phenoxy) is 1. The van der Waals surface area contributed by atoms with Crippen LogP contribution in [0.5, 0.6) is 5.75 Å². The molecule has 1 aromatic heterocycles. The van der Waals surface area contributed by atoms with E-state index >= 15 is 0 Å². The molecule has 0 atom stereocenters. The zero-order valence-electron chi connectivity index (χ0n) is 25.1. The fraction of sp³-hybridized carbons (Fsp3) is 0.500. The van der Waals surface area contributed by atoms with Gasteiger partial charge in [0.15, 0.2) is 5.78 Å². The highest BCUT2D eigenvalue weighted by atomic mass is 127. The van der Waals surface area contributed by atoms with Gasteiger partial charge in [-0.25, -0.2) is 4.57 Å². The molecule has 3 rings (SSSR count). The minimum atomic E-state index is -3.87.